The highest BCUT2D eigenvalue weighted by Gasteiger charge is 2.34. The molecule has 0 atom stereocenters. The lowest BCUT2D eigenvalue weighted by molar-refractivity contribution is -0.147. The molecule has 1 aliphatic rings. The summed E-state index contributed by atoms with van der Waals surface area (Å²) in [4.78, 5) is 22.9. The fraction of sp³-hybridized carbons (Fsp3) is 0.364. The van der Waals surface area contributed by atoms with E-state index >= 15 is 0 Å². The molecule has 2 N–H and O–H groups in total. The molecule has 12 heteroatoms. The summed E-state index contributed by atoms with van der Waals surface area (Å²) in [5.74, 6) is -2.50. The molecule has 2 aromatic heterocycles. The second-order valence-electron chi connectivity index (χ2n) is 8.43. The number of carbonyl (C=O) groups is 1. The van der Waals surface area contributed by atoms with Crippen LogP contribution in [0.3, 0.4) is 0 Å². The molecule has 0 unspecified atom stereocenters. The normalized spacial score (nSPS) is 15.3. The zero-order chi connectivity index (χ0) is 24.3. The summed E-state index contributed by atoms with van der Waals surface area (Å²) >= 11 is 0. The maximum atomic E-state index is 13.8. The highest BCUT2D eigenvalue weighted by molar-refractivity contribution is 5.77. The third kappa shape index (κ3) is 5.45. The minimum atomic E-state index is -0.986. The highest BCUT2D eigenvalue weighted by atomic mass is 19.1. The average Bonchev–Trinajstić information content (AvgIpc) is 3.19. The molecule has 0 saturated carbocycles. The Kier molecular flexibility index (Phi) is 6.68. The van der Waals surface area contributed by atoms with Gasteiger partial charge in [0.05, 0.1) is 30.6 Å². The molecular weight excluding hydrogens is 451 g/mol. The molecule has 1 aliphatic heterocycles. The van der Waals surface area contributed by atoms with Crippen molar-refractivity contribution in [2.45, 2.75) is 32.5 Å². The summed E-state index contributed by atoms with van der Waals surface area (Å²) < 4.78 is 47.7. The maximum absolute atomic E-state index is 13.8. The van der Waals surface area contributed by atoms with Crippen molar-refractivity contribution in [3.05, 3.63) is 59.8 Å². The number of hydrogen-bond acceptors (Lipinski definition) is 7. The smallest absolute Gasteiger partial charge is 0.244 e. The van der Waals surface area contributed by atoms with Crippen LogP contribution >= 0.6 is 0 Å². The number of benzene rings is 1. The van der Waals surface area contributed by atoms with Crippen molar-refractivity contribution >= 4 is 23.4 Å². The fourth-order valence-electron chi connectivity index (χ4n) is 3.63. The number of hydrogen-bond donors (Lipinski definition) is 2. The summed E-state index contributed by atoms with van der Waals surface area (Å²) in [6, 6.07) is 2.77. The Morgan fingerprint density at radius 3 is 2.74 bits per heavy atom. The zero-order valence-electron chi connectivity index (χ0n) is 18.7. The molecule has 34 heavy (non-hydrogen) atoms. The lowest BCUT2D eigenvalue weighted by Gasteiger charge is -2.42. The molecule has 1 saturated heterocycles. The monoisotopic (exact) mass is 475 g/mol. The molecule has 3 aromatic rings. The van der Waals surface area contributed by atoms with Crippen LogP contribution < -0.4 is 10.6 Å². The summed E-state index contributed by atoms with van der Waals surface area (Å²) in [5.41, 5.74) is -0.129. The Morgan fingerprint density at radius 1 is 1.24 bits per heavy atom. The minimum Gasteiger partial charge on any atom is -0.377 e. The number of nitrogens with zero attached hydrogens (tertiary/aromatic N) is 5. The van der Waals surface area contributed by atoms with Gasteiger partial charge in [-0.3, -0.25) is 9.48 Å². The largest absolute Gasteiger partial charge is 0.377 e. The Balaban J connectivity index is 1.37. The van der Waals surface area contributed by atoms with Gasteiger partial charge in [-0.2, -0.15) is 10.1 Å². The second kappa shape index (κ2) is 9.67. The number of amides is 1. The average molecular weight is 475 g/mol. The SMILES string of the molecule is CC1(C)COCCN1C(=O)Cn1cc(Nc2nccc(NCc3c(F)cc(F)cc3F)n2)cn1. The van der Waals surface area contributed by atoms with Gasteiger partial charge in [0.15, 0.2) is 0 Å². The molecule has 4 rings (SSSR count). The number of anilines is 3. The van der Waals surface area contributed by atoms with Crippen molar-refractivity contribution < 1.29 is 22.7 Å². The molecule has 0 radical (unpaired) electrons. The van der Waals surface area contributed by atoms with E-state index in [2.05, 4.69) is 25.7 Å². The Bertz CT molecular complexity index is 1160. The van der Waals surface area contributed by atoms with Crippen LogP contribution in [-0.4, -0.2) is 55.9 Å². The van der Waals surface area contributed by atoms with Gasteiger partial charge in [-0.05, 0) is 19.9 Å². The number of halogens is 3. The van der Waals surface area contributed by atoms with E-state index in [1.54, 1.807) is 11.1 Å². The Morgan fingerprint density at radius 2 is 2.00 bits per heavy atom. The van der Waals surface area contributed by atoms with Crippen LogP contribution in [0.25, 0.3) is 0 Å². The number of carbonyl (C=O) groups excluding carboxylic acids is 1. The number of rotatable bonds is 7. The van der Waals surface area contributed by atoms with Crippen LogP contribution in [0.1, 0.15) is 19.4 Å². The van der Waals surface area contributed by atoms with Gasteiger partial charge in [0.1, 0.15) is 29.8 Å². The Labute approximate surface area is 194 Å². The number of nitrogens with one attached hydrogen (secondary N) is 2. The topological polar surface area (TPSA) is 97.2 Å². The van der Waals surface area contributed by atoms with Crippen LogP contribution in [-0.2, 0) is 22.6 Å². The molecule has 0 bridgehead atoms. The molecular formula is C22H24F3N7O2. The van der Waals surface area contributed by atoms with Crippen LogP contribution in [0.2, 0.25) is 0 Å². The summed E-state index contributed by atoms with van der Waals surface area (Å²) in [6.45, 7) is 5.26. The van der Waals surface area contributed by atoms with Crippen molar-refractivity contribution in [2.24, 2.45) is 0 Å². The molecule has 0 aliphatic carbocycles. The quantitative estimate of drug-likeness (QED) is 0.542. The van der Waals surface area contributed by atoms with E-state index in [9.17, 15) is 18.0 Å². The van der Waals surface area contributed by atoms with Gasteiger partial charge >= 0.3 is 0 Å². The van der Waals surface area contributed by atoms with Crippen LogP contribution in [0.5, 0.6) is 0 Å². The lowest BCUT2D eigenvalue weighted by Crippen LogP contribution is -2.56. The van der Waals surface area contributed by atoms with E-state index in [0.717, 1.165) is 0 Å². The second-order valence-corrected chi connectivity index (χ2v) is 8.43. The van der Waals surface area contributed by atoms with E-state index < -0.39 is 17.5 Å². The van der Waals surface area contributed by atoms with Gasteiger partial charge in [0, 0.05) is 43.2 Å². The van der Waals surface area contributed by atoms with Crippen LogP contribution in [0.15, 0.2) is 36.8 Å². The van der Waals surface area contributed by atoms with Crippen molar-refractivity contribution in [2.75, 3.05) is 30.4 Å². The third-order valence-corrected chi connectivity index (χ3v) is 5.34. The minimum absolute atomic E-state index is 0.0642. The number of aromatic nitrogens is 4. The number of morpholine rings is 1. The predicted molar refractivity (Wildman–Crippen MR) is 118 cm³/mol. The van der Waals surface area contributed by atoms with E-state index in [0.29, 0.717) is 43.4 Å². The molecule has 0 spiro atoms. The van der Waals surface area contributed by atoms with E-state index in [-0.39, 0.29) is 36.0 Å². The molecule has 3 heterocycles. The van der Waals surface area contributed by atoms with Gasteiger partial charge < -0.3 is 20.3 Å². The molecule has 9 nitrogen and oxygen atoms in total. The molecule has 180 valence electrons. The van der Waals surface area contributed by atoms with Crippen molar-refractivity contribution in [1.29, 1.82) is 0 Å². The number of ether oxygens (including phenoxy) is 1. The first-order valence-electron chi connectivity index (χ1n) is 10.6. The Hall–Kier alpha value is -3.67. The van der Waals surface area contributed by atoms with E-state index in [1.807, 2.05) is 13.8 Å². The van der Waals surface area contributed by atoms with E-state index in [1.165, 1.54) is 23.1 Å². The van der Waals surface area contributed by atoms with E-state index in [4.69, 9.17) is 4.74 Å². The van der Waals surface area contributed by atoms with Crippen LogP contribution in [0.4, 0.5) is 30.6 Å². The van der Waals surface area contributed by atoms with Crippen molar-refractivity contribution in [1.82, 2.24) is 24.6 Å². The fourth-order valence-corrected chi connectivity index (χ4v) is 3.63. The van der Waals surface area contributed by atoms with Crippen molar-refractivity contribution in [3.63, 3.8) is 0 Å². The van der Waals surface area contributed by atoms with Gasteiger partial charge in [-0.15, -0.1) is 0 Å². The lowest BCUT2D eigenvalue weighted by atomic mass is 10.0. The first-order valence-corrected chi connectivity index (χ1v) is 10.6. The molecule has 1 fully saturated rings. The van der Waals surface area contributed by atoms with Gasteiger partial charge in [-0.1, -0.05) is 0 Å². The predicted octanol–water partition coefficient (Wildman–Crippen LogP) is 3.08. The molecule has 1 amide bonds. The van der Waals surface area contributed by atoms with Crippen molar-refractivity contribution in [3.8, 4) is 0 Å². The summed E-state index contributed by atoms with van der Waals surface area (Å²) in [5, 5.41) is 9.97. The summed E-state index contributed by atoms with van der Waals surface area (Å²) in [6.07, 6.45) is 4.64. The first-order chi connectivity index (χ1) is 16.2. The van der Waals surface area contributed by atoms with Gasteiger partial charge in [0.25, 0.3) is 0 Å². The van der Waals surface area contributed by atoms with Crippen LogP contribution in [0, 0.1) is 17.5 Å². The summed E-state index contributed by atoms with van der Waals surface area (Å²) in [7, 11) is 0. The zero-order valence-corrected chi connectivity index (χ0v) is 18.7. The van der Waals surface area contributed by atoms with Gasteiger partial charge in [-0.25, -0.2) is 18.2 Å². The standard InChI is InChI=1S/C22H24F3N7O2/c1-22(2)13-34-6-5-32(22)20(33)12-31-11-15(9-28-31)29-21-26-4-3-19(30-21)27-10-16-17(24)7-14(23)8-18(16)25/h3-4,7-9,11H,5-6,10,12-13H2,1-2H3,(H2,26,27,29,30). The highest BCUT2D eigenvalue weighted by Crippen LogP contribution is 2.20. The first kappa shape index (κ1) is 23.5. The van der Waals surface area contributed by atoms with Gasteiger partial charge in [0.2, 0.25) is 11.9 Å². The maximum Gasteiger partial charge on any atom is 0.244 e. The molecule has 1 aromatic carbocycles. The third-order valence-electron chi connectivity index (χ3n) is 5.34.